The van der Waals surface area contributed by atoms with E-state index in [4.69, 9.17) is 0 Å². The zero-order chi connectivity index (χ0) is 11.3. The largest absolute Gasteiger partial charge is 0.354 e. The maximum Gasteiger partial charge on any atom is 0.225 e. The van der Waals surface area contributed by atoms with Crippen LogP contribution in [0.25, 0.3) is 0 Å². The summed E-state index contributed by atoms with van der Waals surface area (Å²) in [4.78, 5) is 12.6. The van der Waals surface area contributed by atoms with Gasteiger partial charge in [0.15, 0.2) is 0 Å². The molecule has 15 heavy (non-hydrogen) atoms. The predicted molar refractivity (Wildman–Crippen MR) is 67.3 cm³/mol. The third-order valence-corrected chi connectivity index (χ3v) is 3.69. The SMILES string of the molecule is CNC(C)CNC(=O)Cc1ccc(Br)s1. The van der Waals surface area contributed by atoms with Gasteiger partial charge in [-0.25, -0.2) is 0 Å². The minimum absolute atomic E-state index is 0.0754. The third-order valence-electron chi connectivity index (χ3n) is 2.06. The van der Waals surface area contributed by atoms with E-state index < -0.39 is 0 Å². The average Bonchev–Trinajstić information content (AvgIpc) is 2.60. The molecule has 84 valence electrons. The first-order valence-corrected chi connectivity index (χ1v) is 6.41. The van der Waals surface area contributed by atoms with Crippen LogP contribution < -0.4 is 10.6 Å². The van der Waals surface area contributed by atoms with Crippen LogP contribution >= 0.6 is 27.3 Å². The van der Waals surface area contributed by atoms with Crippen molar-refractivity contribution < 1.29 is 4.79 Å². The Morgan fingerprint density at radius 1 is 1.60 bits per heavy atom. The standard InChI is InChI=1S/C10H15BrN2OS/c1-7(12-2)6-13-10(14)5-8-3-4-9(11)15-8/h3-4,7,12H,5-6H2,1-2H3,(H,13,14). The van der Waals surface area contributed by atoms with Gasteiger partial charge in [-0.05, 0) is 42.0 Å². The second-order valence-electron chi connectivity index (χ2n) is 3.38. The first-order chi connectivity index (χ1) is 7.11. The van der Waals surface area contributed by atoms with Crippen LogP contribution in [0.15, 0.2) is 15.9 Å². The third kappa shape index (κ3) is 4.77. The summed E-state index contributed by atoms with van der Waals surface area (Å²) < 4.78 is 1.06. The lowest BCUT2D eigenvalue weighted by atomic mass is 10.3. The Hall–Kier alpha value is -0.390. The van der Waals surface area contributed by atoms with Crippen LogP contribution in [0, 0.1) is 0 Å². The zero-order valence-corrected chi connectivity index (χ0v) is 11.2. The number of amides is 1. The van der Waals surface area contributed by atoms with E-state index in [1.165, 1.54) is 0 Å². The van der Waals surface area contributed by atoms with Gasteiger partial charge in [0.05, 0.1) is 10.2 Å². The van der Waals surface area contributed by atoms with Gasteiger partial charge in [0.25, 0.3) is 0 Å². The Kier molecular flexibility index (Phi) is 5.28. The number of thiophene rings is 1. The molecule has 1 aromatic heterocycles. The fourth-order valence-corrected chi connectivity index (χ4v) is 2.52. The van der Waals surface area contributed by atoms with Gasteiger partial charge in [-0.15, -0.1) is 11.3 Å². The summed E-state index contributed by atoms with van der Waals surface area (Å²) in [5.41, 5.74) is 0. The van der Waals surface area contributed by atoms with E-state index in [1.54, 1.807) is 11.3 Å². The molecule has 0 saturated heterocycles. The molecule has 1 heterocycles. The van der Waals surface area contributed by atoms with E-state index in [9.17, 15) is 4.79 Å². The molecule has 0 aliphatic carbocycles. The number of likely N-dealkylation sites (N-methyl/N-ethyl adjacent to an activating group) is 1. The Morgan fingerprint density at radius 3 is 2.87 bits per heavy atom. The van der Waals surface area contributed by atoms with E-state index in [1.807, 2.05) is 26.1 Å². The fourth-order valence-electron chi connectivity index (χ4n) is 1.04. The molecule has 1 aromatic rings. The monoisotopic (exact) mass is 290 g/mol. The molecule has 0 aliphatic rings. The molecule has 0 saturated carbocycles. The minimum Gasteiger partial charge on any atom is -0.354 e. The number of hydrogen-bond donors (Lipinski definition) is 2. The van der Waals surface area contributed by atoms with Crippen LogP contribution in [0.5, 0.6) is 0 Å². The van der Waals surface area contributed by atoms with Gasteiger partial charge in [-0.2, -0.15) is 0 Å². The maximum atomic E-state index is 11.5. The summed E-state index contributed by atoms with van der Waals surface area (Å²) in [7, 11) is 1.88. The fraction of sp³-hybridized carbons (Fsp3) is 0.500. The smallest absolute Gasteiger partial charge is 0.225 e. The van der Waals surface area contributed by atoms with Gasteiger partial charge in [0, 0.05) is 17.5 Å². The number of carbonyl (C=O) groups excluding carboxylic acids is 1. The zero-order valence-electron chi connectivity index (χ0n) is 8.84. The molecule has 0 aromatic carbocycles. The van der Waals surface area contributed by atoms with Crippen molar-refractivity contribution in [2.75, 3.05) is 13.6 Å². The first-order valence-electron chi connectivity index (χ1n) is 4.80. The molecular weight excluding hydrogens is 276 g/mol. The average molecular weight is 291 g/mol. The first kappa shape index (κ1) is 12.7. The summed E-state index contributed by atoms with van der Waals surface area (Å²) in [5, 5.41) is 5.95. The number of hydrogen-bond acceptors (Lipinski definition) is 3. The van der Waals surface area contributed by atoms with Gasteiger partial charge in [0.1, 0.15) is 0 Å². The predicted octanol–water partition coefficient (Wildman–Crippen LogP) is 1.78. The van der Waals surface area contributed by atoms with Crippen LogP contribution in [0.3, 0.4) is 0 Å². The number of nitrogens with one attached hydrogen (secondary N) is 2. The summed E-state index contributed by atoms with van der Waals surface area (Å²) in [6.45, 7) is 2.70. The second kappa shape index (κ2) is 6.25. The molecule has 1 rings (SSSR count). The summed E-state index contributed by atoms with van der Waals surface area (Å²) in [5.74, 6) is 0.0754. The van der Waals surface area contributed by atoms with Crippen LogP contribution in [-0.4, -0.2) is 25.5 Å². The van der Waals surface area contributed by atoms with Crippen LogP contribution in [0.2, 0.25) is 0 Å². The number of halogens is 1. The van der Waals surface area contributed by atoms with Crippen molar-refractivity contribution >= 4 is 33.2 Å². The Balaban J connectivity index is 2.30. The van der Waals surface area contributed by atoms with Crippen LogP contribution in [-0.2, 0) is 11.2 Å². The van der Waals surface area contributed by atoms with Crippen molar-refractivity contribution in [3.05, 3.63) is 20.8 Å². The lowest BCUT2D eigenvalue weighted by molar-refractivity contribution is -0.120. The van der Waals surface area contributed by atoms with Crippen LogP contribution in [0.1, 0.15) is 11.8 Å². The quantitative estimate of drug-likeness (QED) is 0.868. The van der Waals surface area contributed by atoms with Gasteiger partial charge in [-0.1, -0.05) is 0 Å². The van der Waals surface area contributed by atoms with E-state index in [-0.39, 0.29) is 5.91 Å². The highest BCUT2D eigenvalue weighted by atomic mass is 79.9. The highest BCUT2D eigenvalue weighted by Crippen LogP contribution is 2.22. The lowest BCUT2D eigenvalue weighted by Gasteiger charge is -2.10. The maximum absolute atomic E-state index is 11.5. The minimum atomic E-state index is 0.0754. The van der Waals surface area contributed by atoms with Gasteiger partial charge < -0.3 is 10.6 Å². The van der Waals surface area contributed by atoms with Gasteiger partial charge in [-0.3, -0.25) is 4.79 Å². The van der Waals surface area contributed by atoms with Gasteiger partial charge in [0.2, 0.25) is 5.91 Å². The van der Waals surface area contributed by atoms with Crippen molar-refractivity contribution in [2.24, 2.45) is 0 Å². The molecule has 1 atom stereocenters. The molecule has 0 bridgehead atoms. The topological polar surface area (TPSA) is 41.1 Å². The second-order valence-corrected chi connectivity index (χ2v) is 5.92. The summed E-state index contributed by atoms with van der Waals surface area (Å²) in [6, 6.07) is 4.24. The highest BCUT2D eigenvalue weighted by Gasteiger charge is 2.06. The molecule has 0 radical (unpaired) electrons. The Morgan fingerprint density at radius 2 is 2.33 bits per heavy atom. The summed E-state index contributed by atoms with van der Waals surface area (Å²) in [6.07, 6.45) is 0.465. The van der Waals surface area contributed by atoms with E-state index >= 15 is 0 Å². The molecule has 0 aliphatic heterocycles. The van der Waals surface area contributed by atoms with E-state index in [0.717, 1.165) is 8.66 Å². The molecule has 5 heteroatoms. The molecule has 1 amide bonds. The molecular formula is C10H15BrN2OS. The molecule has 3 nitrogen and oxygen atoms in total. The van der Waals surface area contributed by atoms with E-state index in [0.29, 0.717) is 19.0 Å². The lowest BCUT2D eigenvalue weighted by Crippen LogP contribution is -2.37. The Labute approximate surface area is 102 Å². The summed E-state index contributed by atoms with van der Waals surface area (Å²) >= 11 is 4.97. The van der Waals surface area contributed by atoms with E-state index in [2.05, 4.69) is 26.6 Å². The van der Waals surface area contributed by atoms with Crippen molar-refractivity contribution in [3.8, 4) is 0 Å². The van der Waals surface area contributed by atoms with Gasteiger partial charge >= 0.3 is 0 Å². The molecule has 0 fully saturated rings. The number of rotatable bonds is 5. The van der Waals surface area contributed by atoms with Crippen LogP contribution in [0.4, 0.5) is 0 Å². The highest BCUT2D eigenvalue weighted by molar-refractivity contribution is 9.11. The molecule has 2 N–H and O–H groups in total. The van der Waals surface area contributed by atoms with Crippen molar-refractivity contribution in [1.29, 1.82) is 0 Å². The van der Waals surface area contributed by atoms with Crippen molar-refractivity contribution in [1.82, 2.24) is 10.6 Å². The number of carbonyl (C=O) groups is 1. The Bertz CT molecular complexity index is 327. The van der Waals surface area contributed by atoms with Crippen molar-refractivity contribution in [2.45, 2.75) is 19.4 Å². The molecule has 0 spiro atoms. The van der Waals surface area contributed by atoms with Crippen molar-refractivity contribution in [3.63, 3.8) is 0 Å². The normalized spacial score (nSPS) is 12.5. The molecule has 1 unspecified atom stereocenters.